The molecule has 0 N–H and O–H groups in total. The predicted molar refractivity (Wildman–Crippen MR) is 82.8 cm³/mol. The molecule has 0 saturated carbocycles. The van der Waals surface area contributed by atoms with Gasteiger partial charge in [-0.05, 0) is 17.7 Å². The Bertz CT molecular complexity index is 635. The summed E-state index contributed by atoms with van der Waals surface area (Å²) in [5.74, 6) is 3.98. The van der Waals surface area contributed by atoms with E-state index in [1.165, 1.54) is 18.2 Å². The first-order chi connectivity index (χ1) is 9.93. The van der Waals surface area contributed by atoms with Crippen molar-refractivity contribution < 1.29 is 0 Å². The van der Waals surface area contributed by atoms with E-state index in [2.05, 4.69) is 69.9 Å². The highest BCUT2D eigenvalue weighted by atomic mass is 32.2. The lowest BCUT2D eigenvalue weighted by Crippen LogP contribution is -2.29. The highest BCUT2D eigenvalue weighted by molar-refractivity contribution is 7.99. The summed E-state index contributed by atoms with van der Waals surface area (Å²) >= 11 is 2.11. The molecule has 0 radical (unpaired) electrons. The lowest BCUT2D eigenvalue weighted by molar-refractivity contribution is 0.247. The Labute approximate surface area is 123 Å². The van der Waals surface area contributed by atoms with Gasteiger partial charge in [0.15, 0.2) is 0 Å². The third kappa shape index (κ3) is 1.40. The minimum Gasteiger partial charge on any atom is -0.350 e. The fourth-order valence-corrected chi connectivity index (χ4v) is 5.94. The van der Waals surface area contributed by atoms with Crippen molar-refractivity contribution in [1.82, 2.24) is 9.47 Å². The van der Waals surface area contributed by atoms with E-state index in [4.69, 9.17) is 0 Å². The number of rotatable bonds is 1. The molecule has 102 valence electrons. The van der Waals surface area contributed by atoms with Crippen molar-refractivity contribution in [3.8, 4) is 0 Å². The van der Waals surface area contributed by atoms with Crippen molar-refractivity contribution in [3.63, 3.8) is 0 Å². The predicted octanol–water partition coefficient (Wildman–Crippen LogP) is 3.33. The van der Waals surface area contributed by atoms with Gasteiger partial charge in [0.05, 0.1) is 6.04 Å². The van der Waals surface area contributed by atoms with Crippen molar-refractivity contribution >= 4 is 11.8 Å². The monoisotopic (exact) mass is 282 g/mol. The molecule has 2 saturated heterocycles. The fourth-order valence-electron chi connectivity index (χ4n) is 4.63. The third-order valence-corrected chi connectivity index (χ3v) is 6.41. The summed E-state index contributed by atoms with van der Waals surface area (Å²) in [6, 6.07) is 17.1. The Balaban J connectivity index is 1.62. The average Bonchev–Trinajstić information content (AvgIpc) is 3.17. The lowest BCUT2D eigenvalue weighted by Gasteiger charge is -2.23. The van der Waals surface area contributed by atoms with Gasteiger partial charge in [-0.2, -0.15) is 0 Å². The van der Waals surface area contributed by atoms with Gasteiger partial charge in [-0.15, -0.1) is 11.8 Å². The molecule has 5 rings (SSSR count). The maximum Gasteiger partial charge on any atom is 0.0563 e. The number of hydrogen-bond acceptors (Lipinski definition) is 2. The Morgan fingerprint density at radius 2 is 1.95 bits per heavy atom. The minimum absolute atomic E-state index is 0.648. The molecule has 3 aliphatic heterocycles. The van der Waals surface area contributed by atoms with E-state index in [0.717, 1.165) is 12.0 Å². The number of nitrogens with zero attached hydrogens (tertiary/aromatic N) is 2. The van der Waals surface area contributed by atoms with Crippen molar-refractivity contribution in [2.75, 3.05) is 11.6 Å². The van der Waals surface area contributed by atoms with Gasteiger partial charge in [-0.1, -0.05) is 30.3 Å². The molecule has 1 aromatic carbocycles. The molecule has 4 atom stereocenters. The Hall–Kier alpha value is -1.19. The van der Waals surface area contributed by atoms with Crippen LogP contribution in [0.1, 0.15) is 23.2 Å². The van der Waals surface area contributed by atoms with Gasteiger partial charge < -0.3 is 4.57 Å². The first-order valence-electron chi connectivity index (χ1n) is 7.47. The van der Waals surface area contributed by atoms with E-state index in [0.29, 0.717) is 12.0 Å². The highest BCUT2D eigenvalue weighted by Crippen LogP contribution is 2.56. The summed E-state index contributed by atoms with van der Waals surface area (Å²) < 4.78 is 2.48. The van der Waals surface area contributed by atoms with E-state index in [-0.39, 0.29) is 0 Å². The van der Waals surface area contributed by atoms with E-state index in [1.807, 2.05) is 0 Å². The van der Waals surface area contributed by atoms with Crippen LogP contribution >= 0.6 is 11.8 Å². The molecular weight excluding hydrogens is 264 g/mol. The second kappa shape index (κ2) is 4.15. The van der Waals surface area contributed by atoms with Crippen molar-refractivity contribution in [3.05, 3.63) is 59.9 Å². The zero-order valence-electron chi connectivity index (χ0n) is 11.4. The number of benzene rings is 1. The van der Waals surface area contributed by atoms with Crippen molar-refractivity contribution in [1.29, 1.82) is 0 Å². The standard InChI is InChI=1S/C17H18N2S/c1-2-5-12(6-3-1)16-13-9-18-8-4-7-14(18)17(13)19-11-20-10-15(16)19/h1-8,13,15-17H,9-11H2/t13-,15+,16+,17+/m0/s1. The quantitative estimate of drug-likeness (QED) is 0.793. The molecule has 3 heteroatoms. The van der Waals surface area contributed by atoms with Crippen LogP contribution in [0.2, 0.25) is 0 Å². The van der Waals surface area contributed by atoms with Gasteiger partial charge in [0.1, 0.15) is 0 Å². The first kappa shape index (κ1) is 11.5. The summed E-state index contributed by atoms with van der Waals surface area (Å²) in [5.41, 5.74) is 3.09. The molecule has 20 heavy (non-hydrogen) atoms. The zero-order valence-corrected chi connectivity index (χ0v) is 12.2. The molecule has 0 amide bonds. The number of hydrogen-bond donors (Lipinski definition) is 0. The largest absolute Gasteiger partial charge is 0.350 e. The molecular formula is C17H18N2S. The number of aromatic nitrogens is 1. The van der Waals surface area contributed by atoms with Gasteiger partial charge >= 0.3 is 0 Å². The van der Waals surface area contributed by atoms with Crippen LogP contribution < -0.4 is 0 Å². The molecule has 2 aromatic rings. The Morgan fingerprint density at radius 1 is 1.05 bits per heavy atom. The van der Waals surface area contributed by atoms with Crippen LogP contribution in [0.3, 0.4) is 0 Å². The molecule has 0 spiro atoms. The van der Waals surface area contributed by atoms with Crippen molar-refractivity contribution in [2.24, 2.45) is 5.92 Å². The summed E-state index contributed by atoms with van der Waals surface area (Å²) in [5, 5.41) is 0. The van der Waals surface area contributed by atoms with Crippen LogP contribution in [0.25, 0.3) is 0 Å². The molecule has 3 aliphatic rings. The maximum atomic E-state index is 2.77. The molecule has 0 aliphatic carbocycles. The summed E-state index contributed by atoms with van der Waals surface area (Å²) in [6.45, 7) is 1.20. The molecule has 1 aromatic heterocycles. The second-order valence-electron chi connectivity index (χ2n) is 6.21. The van der Waals surface area contributed by atoms with Crippen LogP contribution in [0.5, 0.6) is 0 Å². The second-order valence-corrected chi connectivity index (χ2v) is 7.21. The molecule has 4 heterocycles. The smallest absolute Gasteiger partial charge is 0.0563 e. The average molecular weight is 282 g/mol. The van der Waals surface area contributed by atoms with E-state index in [9.17, 15) is 0 Å². The van der Waals surface area contributed by atoms with Gasteiger partial charge in [0.2, 0.25) is 0 Å². The third-order valence-electron chi connectivity index (χ3n) is 5.35. The SMILES string of the molecule is c1ccc([C@@H]2[C@@H]3Cn4cccc4[C@@H]3N3CSC[C@H]23)cc1. The topological polar surface area (TPSA) is 8.17 Å². The van der Waals surface area contributed by atoms with E-state index in [1.54, 1.807) is 11.3 Å². The first-order valence-corrected chi connectivity index (χ1v) is 8.62. The van der Waals surface area contributed by atoms with Crippen LogP contribution in [-0.2, 0) is 6.54 Å². The van der Waals surface area contributed by atoms with Gasteiger partial charge in [-0.25, -0.2) is 0 Å². The zero-order chi connectivity index (χ0) is 13.1. The summed E-state index contributed by atoms with van der Waals surface area (Å²) in [4.78, 5) is 2.77. The molecule has 2 fully saturated rings. The molecule has 0 bridgehead atoms. The van der Waals surface area contributed by atoms with Gasteiger partial charge in [0.25, 0.3) is 0 Å². The van der Waals surface area contributed by atoms with Crippen LogP contribution in [0.4, 0.5) is 0 Å². The number of fused-ring (bicyclic) bond motifs is 5. The summed E-state index contributed by atoms with van der Waals surface area (Å²) in [6.07, 6.45) is 2.26. The highest BCUT2D eigenvalue weighted by Gasteiger charge is 2.54. The minimum atomic E-state index is 0.648. The normalized spacial score (nSPS) is 35.0. The maximum absolute atomic E-state index is 2.77. The fraction of sp³-hybridized carbons (Fsp3) is 0.412. The Morgan fingerprint density at radius 3 is 2.85 bits per heavy atom. The van der Waals surface area contributed by atoms with Gasteiger partial charge in [-0.3, -0.25) is 4.90 Å². The summed E-state index contributed by atoms with van der Waals surface area (Å²) in [7, 11) is 0. The van der Waals surface area contributed by atoms with Crippen molar-refractivity contribution in [2.45, 2.75) is 24.5 Å². The number of thioether (sulfide) groups is 1. The van der Waals surface area contributed by atoms with Crippen LogP contribution in [0, 0.1) is 5.92 Å². The van der Waals surface area contributed by atoms with E-state index < -0.39 is 0 Å². The van der Waals surface area contributed by atoms with Crippen LogP contribution in [-0.4, -0.2) is 27.1 Å². The molecule has 0 unspecified atom stereocenters. The van der Waals surface area contributed by atoms with Gasteiger partial charge in [0, 0.05) is 47.9 Å². The Kier molecular flexibility index (Phi) is 2.38. The van der Waals surface area contributed by atoms with Crippen LogP contribution in [0.15, 0.2) is 48.7 Å². The molecule has 2 nitrogen and oxygen atoms in total. The lowest BCUT2D eigenvalue weighted by atomic mass is 9.83. The van der Waals surface area contributed by atoms with E-state index >= 15 is 0 Å².